The third-order valence-corrected chi connectivity index (χ3v) is 4.65. The van der Waals surface area contributed by atoms with Crippen LogP contribution in [0.25, 0.3) is 0 Å². The van der Waals surface area contributed by atoms with E-state index in [1.807, 2.05) is 97.4 Å². The molecule has 0 spiro atoms. The molecule has 0 aliphatic rings. The summed E-state index contributed by atoms with van der Waals surface area (Å²) in [5.74, 6) is 1.33. The van der Waals surface area contributed by atoms with Gasteiger partial charge in [-0.3, -0.25) is 5.10 Å². The number of rotatable bonds is 6. The topological polar surface area (TPSA) is 53.4 Å². The van der Waals surface area contributed by atoms with Crippen molar-refractivity contribution in [1.29, 1.82) is 0 Å². The van der Waals surface area contributed by atoms with Gasteiger partial charge in [-0.25, -0.2) is 9.98 Å². The van der Waals surface area contributed by atoms with E-state index in [9.17, 15) is 0 Å². The molecule has 29 heavy (non-hydrogen) atoms. The van der Waals surface area contributed by atoms with Crippen LogP contribution in [0.15, 0.2) is 94.9 Å². The van der Waals surface area contributed by atoms with Gasteiger partial charge < -0.3 is 0 Å². The summed E-state index contributed by atoms with van der Waals surface area (Å²) >= 11 is 6.03. The van der Waals surface area contributed by atoms with Crippen molar-refractivity contribution in [1.82, 2.24) is 10.2 Å². The number of aromatic amines is 1. The molecule has 0 fully saturated rings. The minimum Gasteiger partial charge on any atom is -0.259 e. The normalized spacial score (nSPS) is 11.5. The van der Waals surface area contributed by atoms with Gasteiger partial charge in [-0.1, -0.05) is 84.4 Å². The lowest BCUT2D eigenvalue weighted by molar-refractivity contribution is 1.08. The maximum atomic E-state index is 6.03. The van der Waals surface area contributed by atoms with E-state index in [2.05, 4.69) is 20.2 Å². The summed E-state index contributed by atoms with van der Waals surface area (Å²) in [6, 6.07) is 27.7. The number of nitrogens with zero attached hydrogens (tertiary/aromatic N) is 3. The third kappa shape index (κ3) is 5.06. The molecule has 0 bridgehead atoms. The fraction of sp³-hybridized carbons (Fsp3) is 0.0417. The maximum Gasteiger partial charge on any atom is 0.179 e. The molecule has 5 heteroatoms. The van der Waals surface area contributed by atoms with Gasteiger partial charge in [0.15, 0.2) is 11.6 Å². The van der Waals surface area contributed by atoms with E-state index in [1.165, 1.54) is 0 Å². The van der Waals surface area contributed by atoms with Gasteiger partial charge in [0, 0.05) is 29.4 Å². The highest BCUT2D eigenvalue weighted by Gasteiger charge is 2.13. The molecule has 4 nitrogen and oxygen atoms in total. The number of hydrogen-bond donors (Lipinski definition) is 1. The van der Waals surface area contributed by atoms with Crippen molar-refractivity contribution in [2.24, 2.45) is 9.98 Å². The van der Waals surface area contributed by atoms with Gasteiger partial charge in [0.2, 0.25) is 0 Å². The molecule has 1 aromatic heterocycles. The quantitative estimate of drug-likeness (QED) is 0.389. The Morgan fingerprint density at radius 3 is 1.97 bits per heavy atom. The molecule has 4 rings (SSSR count). The molecule has 0 saturated heterocycles. The lowest BCUT2D eigenvalue weighted by Gasteiger charge is -2.02. The van der Waals surface area contributed by atoms with E-state index in [4.69, 9.17) is 11.6 Å². The predicted molar refractivity (Wildman–Crippen MR) is 120 cm³/mol. The van der Waals surface area contributed by atoms with Gasteiger partial charge in [0.25, 0.3) is 0 Å². The first kappa shape index (κ1) is 18.8. The van der Waals surface area contributed by atoms with Gasteiger partial charge >= 0.3 is 0 Å². The Kier molecular flexibility index (Phi) is 5.93. The molecule has 0 unspecified atom stereocenters. The van der Waals surface area contributed by atoms with Crippen LogP contribution in [0.4, 0.5) is 11.6 Å². The number of halogens is 1. The van der Waals surface area contributed by atoms with Crippen molar-refractivity contribution in [3.05, 3.63) is 112 Å². The van der Waals surface area contributed by atoms with Crippen LogP contribution in [-0.4, -0.2) is 22.6 Å². The highest BCUT2D eigenvalue weighted by molar-refractivity contribution is 6.30. The molecule has 1 heterocycles. The number of benzene rings is 3. The number of aliphatic imine (C=N–C) groups is 2. The van der Waals surface area contributed by atoms with Crippen LogP contribution in [0.3, 0.4) is 0 Å². The summed E-state index contributed by atoms with van der Waals surface area (Å²) in [6.45, 7) is 0. The summed E-state index contributed by atoms with van der Waals surface area (Å²) < 4.78 is 0. The zero-order chi connectivity index (χ0) is 19.9. The molecule has 0 amide bonds. The van der Waals surface area contributed by atoms with Crippen LogP contribution in [0, 0.1) is 0 Å². The second kappa shape index (κ2) is 9.13. The van der Waals surface area contributed by atoms with E-state index >= 15 is 0 Å². The van der Waals surface area contributed by atoms with E-state index in [-0.39, 0.29) is 0 Å². The fourth-order valence-corrected chi connectivity index (χ4v) is 3.01. The van der Waals surface area contributed by atoms with Crippen LogP contribution < -0.4 is 0 Å². The molecule has 3 aromatic carbocycles. The van der Waals surface area contributed by atoms with E-state index in [1.54, 1.807) is 0 Å². The summed E-state index contributed by atoms with van der Waals surface area (Å²) in [7, 11) is 0. The Morgan fingerprint density at radius 2 is 1.34 bits per heavy atom. The van der Waals surface area contributed by atoms with Crippen LogP contribution in [-0.2, 0) is 6.42 Å². The molecule has 0 saturated carbocycles. The van der Waals surface area contributed by atoms with E-state index in [0.29, 0.717) is 23.1 Å². The van der Waals surface area contributed by atoms with Crippen molar-refractivity contribution >= 4 is 35.7 Å². The first-order chi connectivity index (χ1) is 14.3. The zero-order valence-corrected chi connectivity index (χ0v) is 16.4. The average Bonchev–Trinajstić information content (AvgIpc) is 3.15. The van der Waals surface area contributed by atoms with Crippen LogP contribution in [0.5, 0.6) is 0 Å². The third-order valence-electron chi connectivity index (χ3n) is 4.40. The molecular weight excluding hydrogens is 380 g/mol. The van der Waals surface area contributed by atoms with Crippen molar-refractivity contribution < 1.29 is 0 Å². The summed E-state index contributed by atoms with van der Waals surface area (Å²) in [5.41, 5.74) is 4.09. The minimum atomic E-state index is 0.629. The van der Waals surface area contributed by atoms with Gasteiger partial charge in [0.05, 0.1) is 0 Å². The molecule has 142 valence electrons. The Labute approximate surface area is 174 Å². The molecule has 0 aliphatic heterocycles. The molecule has 0 radical (unpaired) electrons. The van der Waals surface area contributed by atoms with E-state index in [0.717, 1.165) is 22.3 Å². The summed E-state index contributed by atoms with van der Waals surface area (Å²) in [4.78, 5) is 9.22. The second-order valence-electron chi connectivity index (χ2n) is 6.52. The van der Waals surface area contributed by atoms with Crippen molar-refractivity contribution in [2.45, 2.75) is 6.42 Å². The number of aromatic nitrogens is 2. The Bertz CT molecular complexity index is 1050. The maximum absolute atomic E-state index is 6.03. The number of H-pyrrole nitrogens is 1. The summed E-state index contributed by atoms with van der Waals surface area (Å²) in [6.07, 6.45) is 4.28. The monoisotopic (exact) mass is 398 g/mol. The van der Waals surface area contributed by atoms with Crippen LogP contribution >= 0.6 is 11.6 Å². The Balaban J connectivity index is 1.67. The first-order valence-electron chi connectivity index (χ1n) is 9.28. The predicted octanol–water partition coefficient (Wildman–Crippen LogP) is 6.16. The van der Waals surface area contributed by atoms with Crippen LogP contribution in [0.1, 0.15) is 22.3 Å². The van der Waals surface area contributed by atoms with E-state index < -0.39 is 0 Å². The van der Waals surface area contributed by atoms with Crippen molar-refractivity contribution in [3.63, 3.8) is 0 Å². The highest BCUT2D eigenvalue weighted by atomic mass is 35.5. The lowest BCUT2D eigenvalue weighted by atomic mass is 10.1. The average molecular weight is 399 g/mol. The molecule has 0 atom stereocenters. The van der Waals surface area contributed by atoms with Gasteiger partial charge in [-0.15, -0.1) is 0 Å². The SMILES string of the molecule is Clc1ccc(Cc2c(N=Cc3ccccc3)n[nH]c2N=Cc2ccccc2)cc1. The number of nitrogens with one attached hydrogen (secondary N) is 1. The van der Waals surface area contributed by atoms with Gasteiger partial charge in [-0.05, 0) is 28.8 Å². The zero-order valence-electron chi connectivity index (χ0n) is 15.7. The van der Waals surface area contributed by atoms with Crippen molar-refractivity contribution in [2.75, 3.05) is 0 Å². The Morgan fingerprint density at radius 1 is 0.759 bits per heavy atom. The largest absolute Gasteiger partial charge is 0.259 e. The fourth-order valence-electron chi connectivity index (χ4n) is 2.88. The second-order valence-corrected chi connectivity index (χ2v) is 6.95. The lowest BCUT2D eigenvalue weighted by Crippen LogP contribution is -1.88. The molecule has 1 N–H and O–H groups in total. The number of hydrogen-bond acceptors (Lipinski definition) is 3. The first-order valence-corrected chi connectivity index (χ1v) is 9.65. The van der Waals surface area contributed by atoms with Crippen molar-refractivity contribution in [3.8, 4) is 0 Å². The highest BCUT2D eigenvalue weighted by Crippen LogP contribution is 2.29. The minimum absolute atomic E-state index is 0.629. The molecule has 0 aliphatic carbocycles. The standard InChI is InChI=1S/C24H19ClN4/c25-21-13-11-18(12-14-21)15-22-23(26-16-19-7-3-1-4-8-19)28-29-24(22)27-17-20-9-5-2-6-10-20/h1-14,16-17H,15H2,(H,28,29). The van der Waals surface area contributed by atoms with Gasteiger partial charge in [0.1, 0.15) is 0 Å². The summed E-state index contributed by atoms with van der Waals surface area (Å²) in [5, 5.41) is 8.13. The van der Waals surface area contributed by atoms with Gasteiger partial charge in [-0.2, -0.15) is 5.10 Å². The molecular formula is C24H19ClN4. The smallest absolute Gasteiger partial charge is 0.179 e. The van der Waals surface area contributed by atoms with Crippen LogP contribution in [0.2, 0.25) is 5.02 Å². The Hall–Kier alpha value is -3.50. The molecule has 4 aromatic rings.